The van der Waals surface area contributed by atoms with Gasteiger partial charge in [0, 0.05) is 0 Å². The van der Waals surface area contributed by atoms with Crippen LogP contribution in [0.15, 0.2) is 25.3 Å². The third-order valence-electron chi connectivity index (χ3n) is 2.23. The van der Waals surface area contributed by atoms with E-state index < -0.39 is 0 Å². The molecule has 0 bridgehead atoms. The maximum atomic E-state index is 3.79. The lowest BCUT2D eigenvalue weighted by Gasteiger charge is -2.08. The molecule has 1 saturated carbocycles. The summed E-state index contributed by atoms with van der Waals surface area (Å²) in [4.78, 5) is 0. The van der Waals surface area contributed by atoms with Gasteiger partial charge in [-0.1, -0.05) is 18.6 Å². The molecule has 1 aliphatic carbocycles. The quantitative estimate of drug-likeness (QED) is 0.494. The van der Waals surface area contributed by atoms with Crippen molar-refractivity contribution in [3.05, 3.63) is 25.3 Å². The van der Waals surface area contributed by atoms with Crippen LogP contribution >= 0.6 is 0 Å². The van der Waals surface area contributed by atoms with Crippen LogP contribution in [0, 0.1) is 11.8 Å². The van der Waals surface area contributed by atoms with E-state index in [1.807, 2.05) is 0 Å². The summed E-state index contributed by atoms with van der Waals surface area (Å²) in [5.74, 6) is 1.45. The van der Waals surface area contributed by atoms with Gasteiger partial charge in [-0.25, -0.2) is 0 Å². The first-order valence-corrected chi connectivity index (χ1v) is 3.63. The predicted octanol–water partition coefficient (Wildman–Crippen LogP) is 2.77. The Morgan fingerprint density at radius 3 is 1.78 bits per heavy atom. The highest BCUT2D eigenvalue weighted by Gasteiger charge is 2.20. The average Bonchev–Trinajstić information content (AvgIpc) is 2.33. The molecule has 1 fully saturated rings. The van der Waals surface area contributed by atoms with Gasteiger partial charge in [0.1, 0.15) is 0 Å². The van der Waals surface area contributed by atoms with Crippen LogP contribution < -0.4 is 0 Å². The predicted molar refractivity (Wildman–Crippen MR) is 41.2 cm³/mol. The molecule has 2 unspecified atom stereocenters. The van der Waals surface area contributed by atoms with Gasteiger partial charge < -0.3 is 0 Å². The lowest BCUT2D eigenvalue weighted by Crippen LogP contribution is -1.99. The standard InChI is InChI=1S/C9H14/c1-3-8-6-5-7-9(8)4-2/h3-4,8-9H,1-2,5-7H2. The van der Waals surface area contributed by atoms with Gasteiger partial charge in [-0.15, -0.1) is 13.2 Å². The molecular weight excluding hydrogens is 108 g/mol. The molecule has 0 amide bonds. The molecule has 9 heavy (non-hydrogen) atoms. The van der Waals surface area contributed by atoms with E-state index in [2.05, 4.69) is 25.3 Å². The van der Waals surface area contributed by atoms with Gasteiger partial charge in [0.25, 0.3) is 0 Å². The largest absolute Gasteiger partial charge is 0.103 e. The van der Waals surface area contributed by atoms with Crippen LogP contribution in [-0.2, 0) is 0 Å². The minimum absolute atomic E-state index is 0.725. The molecule has 1 rings (SSSR count). The number of hydrogen-bond acceptors (Lipinski definition) is 0. The van der Waals surface area contributed by atoms with Gasteiger partial charge in [0.05, 0.1) is 0 Å². The van der Waals surface area contributed by atoms with Crippen LogP contribution in [0.4, 0.5) is 0 Å². The lowest BCUT2D eigenvalue weighted by molar-refractivity contribution is 0.560. The van der Waals surface area contributed by atoms with Crippen molar-refractivity contribution in [1.29, 1.82) is 0 Å². The first kappa shape index (κ1) is 6.60. The summed E-state index contributed by atoms with van der Waals surface area (Å²) in [7, 11) is 0. The summed E-state index contributed by atoms with van der Waals surface area (Å²) in [6.45, 7) is 7.59. The fourth-order valence-electron chi connectivity index (χ4n) is 1.60. The zero-order chi connectivity index (χ0) is 6.69. The maximum Gasteiger partial charge on any atom is -0.0173 e. The van der Waals surface area contributed by atoms with E-state index in [-0.39, 0.29) is 0 Å². The van der Waals surface area contributed by atoms with Gasteiger partial charge in [0.2, 0.25) is 0 Å². The Kier molecular flexibility index (Phi) is 2.10. The monoisotopic (exact) mass is 122 g/mol. The van der Waals surface area contributed by atoms with Gasteiger partial charge in [-0.05, 0) is 24.7 Å². The fourth-order valence-corrected chi connectivity index (χ4v) is 1.60. The summed E-state index contributed by atoms with van der Waals surface area (Å²) in [5, 5.41) is 0. The second-order valence-electron chi connectivity index (χ2n) is 2.73. The van der Waals surface area contributed by atoms with Crippen molar-refractivity contribution in [2.24, 2.45) is 11.8 Å². The molecule has 0 spiro atoms. The molecule has 0 saturated heterocycles. The molecule has 0 heterocycles. The summed E-state index contributed by atoms with van der Waals surface area (Å²) >= 11 is 0. The SMILES string of the molecule is C=CC1CCCC1C=C. The molecule has 0 radical (unpaired) electrons. The highest BCUT2D eigenvalue weighted by molar-refractivity contribution is 4.96. The Hall–Kier alpha value is -0.520. The number of allylic oxidation sites excluding steroid dienone is 2. The minimum atomic E-state index is 0.725. The molecule has 0 aromatic heterocycles. The van der Waals surface area contributed by atoms with Gasteiger partial charge in [0.15, 0.2) is 0 Å². The van der Waals surface area contributed by atoms with Crippen LogP contribution in [0.2, 0.25) is 0 Å². The highest BCUT2D eigenvalue weighted by atomic mass is 14.3. The van der Waals surface area contributed by atoms with Crippen LogP contribution in [-0.4, -0.2) is 0 Å². The van der Waals surface area contributed by atoms with E-state index in [1.165, 1.54) is 19.3 Å². The van der Waals surface area contributed by atoms with E-state index in [1.54, 1.807) is 0 Å². The molecule has 0 heteroatoms. The summed E-state index contributed by atoms with van der Waals surface area (Å²) in [6.07, 6.45) is 8.13. The molecule has 0 aromatic carbocycles. The summed E-state index contributed by atoms with van der Waals surface area (Å²) in [5.41, 5.74) is 0. The van der Waals surface area contributed by atoms with Crippen LogP contribution in [0.5, 0.6) is 0 Å². The van der Waals surface area contributed by atoms with Crippen molar-refractivity contribution in [3.8, 4) is 0 Å². The van der Waals surface area contributed by atoms with Gasteiger partial charge in [-0.2, -0.15) is 0 Å². The topological polar surface area (TPSA) is 0 Å². The molecule has 0 nitrogen and oxygen atoms in total. The Bertz CT molecular complexity index is 99.2. The Labute approximate surface area is 57.3 Å². The Morgan fingerprint density at radius 2 is 1.44 bits per heavy atom. The zero-order valence-electron chi connectivity index (χ0n) is 5.84. The summed E-state index contributed by atoms with van der Waals surface area (Å²) < 4.78 is 0. The van der Waals surface area contributed by atoms with Crippen LogP contribution in [0.25, 0.3) is 0 Å². The molecule has 2 atom stereocenters. The van der Waals surface area contributed by atoms with Crippen molar-refractivity contribution >= 4 is 0 Å². The zero-order valence-corrected chi connectivity index (χ0v) is 5.84. The minimum Gasteiger partial charge on any atom is -0.103 e. The summed E-state index contributed by atoms with van der Waals surface area (Å²) in [6, 6.07) is 0. The molecule has 0 aromatic rings. The Balaban J connectivity index is 2.50. The highest BCUT2D eigenvalue weighted by Crippen LogP contribution is 2.32. The van der Waals surface area contributed by atoms with Crippen molar-refractivity contribution in [3.63, 3.8) is 0 Å². The molecule has 0 N–H and O–H groups in total. The smallest absolute Gasteiger partial charge is 0.0173 e. The fraction of sp³-hybridized carbons (Fsp3) is 0.556. The number of rotatable bonds is 2. The molecular formula is C9H14. The first-order chi connectivity index (χ1) is 4.38. The lowest BCUT2D eigenvalue weighted by atomic mass is 9.97. The second kappa shape index (κ2) is 2.86. The van der Waals surface area contributed by atoms with Crippen molar-refractivity contribution in [2.45, 2.75) is 19.3 Å². The third-order valence-corrected chi connectivity index (χ3v) is 2.23. The van der Waals surface area contributed by atoms with Crippen molar-refractivity contribution in [2.75, 3.05) is 0 Å². The maximum absolute atomic E-state index is 3.79. The first-order valence-electron chi connectivity index (χ1n) is 3.63. The molecule has 0 aliphatic heterocycles. The molecule has 1 aliphatic rings. The van der Waals surface area contributed by atoms with Crippen LogP contribution in [0.1, 0.15) is 19.3 Å². The third kappa shape index (κ3) is 1.24. The average molecular weight is 122 g/mol. The second-order valence-corrected chi connectivity index (χ2v) is 2.73. The normalized spacial score (nSPS) is 34.2. The van der Waals surface area contributed by atoms with E-state index in [4.69, 9.17) is 0 Å². The Morgan fingerprint density at radius 1 is 1.00 bits per heavy atom. The van der Waals surface area contributed by atoms with Crippen molar-refractivity contribution in [1.82, 2.24) is 0 Å². The van der Waals surface area contributed by atoms with Gasteiger partial charge in [-0.3, -0.25) is 0 Å². The van der Waals surface area contributed by atoms with Crippen LogP contribution in [0.3, 0.4) is 0 Å². The van der Waals surface area contributed by atoms with E-state index in [9.17, 15) is 0 Å². The van der Waals surface area contributed by atoms with E-state index in [0.29, 0.717) is 0 Å². The number of hydrogen-bond donors (Lipinski definition) is 0. The van der Waals surface area contributed by atoms with E-state index in [0.717, 1.165) is 11.8 Å². The van der Waals surface area contributed by atoms with Gasteiger partial charge >= 0.3 is 0 Å². The molecule has 50 valence electrons. The van der Waals surface area contributed by atoms with Crippen molar-refractivity contribution < 1.29 is 0 Å². The van der Waals surface area contributed by atoms with E-state index >= 15 is 0 Å².